The van der Waals surface area contributed by atoms with Gasteiger partial charge in [-0.25, -0.2) is 4.68 Å². The van der Waals surface area contributed by atoms with Gasteiger partial charge in [0.1, 0.15) is 6.54 Å². The molecule has 0 aliphatic rings. The molecule has 0 spiro atoms. The first-order valence-electron chi connectivity index (χ1n) is 4.97. The Morgan fingerprint density at radius 3 is 2.80 bits per heavy atom. The van der Waals surface area contributed by atoms with Crippen molar-refractivity contribution >= 4 is 5.91 Å². The fraction of sp³-hybridized carbons (Fsp3) is 0.667. The molecular weight excluding hydrogens is 194 g/mol. The van der Waals surface area contributed by atoms with Gasteiger partial charge in [-0.15, -0.1) is 5.10 Å². The average molecular weight is 211 g/mol. The van der Waals surface area contributed by atoms with E-state index in [9.17, 15) is 4.79 Å². The summed E-state index contributed by atoms with van der Waals surface area (Å²) in [5.74, 6) is 0.236. The minimum atomic E-state index is -0.0929. The van der Waals surface area contributed by atoms with Crippen LogP contribution in [0.4, 0.5) is 0 Å². The lowest BCUT2D eigenvalue weighted by Gasteiger charge is -2.20. The molecule has 15 heavy (non-hydrogen) atoms. The van der Waals surface area contributed by atoms with E-state index in [0.717, 1.165) is 0 Å². The van der Waals surface area contributed by atoms with Crippen LogP contribution in [0.15, 0.2) is 12.4 Å². The Labute approximate surface area is 88.8 Å². The summed E-state index contributed by atoms with van der Waals surface area (Å²) in [5.41, 5.74) is 5.55. The second-order valence-electron chi connectivity index (χ2n) is 3.75. The molecule has 0 bridgehead atoms. The molecule has 0 aliphatic carbocycles. The number of aromatic nitrogens is 3. The monoisotopic (exact) mass is 211 g/mol. The molecule has 0 aromatic carbocycles. The third-order valence-electron chi connectivity index (χ3n) is 2.18. The quantitative estimate of drug-likeness (QED) is 0.679. The normalized spacial score (nSPS) is 12.8. The largest absolute Gasteiger partial charge is 0.350 e. The van der Waals surface area contributed by atoms with E-state index >= 15 is 0 Å². The smallest absolute Gasteiger partial charge is 0.242 e. The predicted octanol–water partition coefficient (Wildman–Crippen LogP) is -0.622. The Hall–Kier alpha value is -1.43. The van der Waals surface area contributed by atoms with Crippen LogP contribution < -0.4 is 11.1 Å². The van der Waals surface area contributed by atoms with Crippen molar-refractivity contribution in [3.63, 3.8) is 0 Å². The molecule has 1 aromatic heterocycles. The fourth-order valence-electron chi connectivity index (χ4n) is 1.21. The van der Waals surface area contributed by atoms with Crippen molar-refractivity contribution in [2.24, 2.45) is 11.7 Å². The van der Waals surface area contributed by atoms with Gasteiger partial charge >= 0.3 is 0 Å². The number of nitrogens with two attached hydrogens (primary N) is 1. The summed E-state index contributed by atoms with van der Waals surface area (Å²) in [7, 11) is 0. The van der Waals surface area contributed by atoms with E-state index in [1.54, 1.807) is 6.20 Å². The van der Waals surface area contributed by atoms with Crippen LogP contribution in [0.1, 0.15) is 13.8 Å². The highest BCUT2D eigenvalue weighted by atomic mass is 16.2. The van der Waals surface area contributed by atoms with Crippen molar-refractivity contribution in [2.45, 2.75) is 26.4 Å². The Morgan fingerprint density at radius 2 is 2.33 bits per heavy atom. The maximum Gasteiger partial charge on any atom is 0.242 e. The van der Waals surface area contributed by atoms with Crippen LogP contribution in [0.5, 0.6) is 0 Å². The van der Waals surface area contributed by atoms with Gasteiger partial charge in [-0.05, 0) is 5.92 Å². The number of hydrogen-bond acceptors (Lipinski definition) is 4. The number of nitrogens with zero attached hydrogens (tertiary/aromatic N) is 3. The minimum Gasteiger partial charge on any atom is -0.350 e. The molecule has 0 saturated heterocycles. The summed E-state index contributed by atoms with van der Waals surface area (Å²) in [6, 6.07) is 0.0148. The molecule has 3 N–H and O–H groups in total. The lowest BCUT2D eigenvalue weighted by atomic mass is 10.1. The van der Waals surface area contributed by atoms with Crippen LogP contribution in [-0.2, 0) is 11.3 Å². The SMILES string of the molecule is CC(C)C(CN)NC(=O)Cn1ccnn1. The predicted molar refractivity (Wildman–Crippen MR) is 55.8 cm³/mol. The average Bonchev–Trinajstić information content (AvgIpc) is 2.66. The van der Waals surface area contributed by atoms with Crippen LogP contribution >= 0.6 is 0 Å². The maximum atomic E-state index is 11.5. The van der Waals surface area contributed by atoms with E-state index < -0.39 is 0 Å². The first-order chi connectivity index (χ1) is 7.13. The zero-order valence-corrected chi connectivity index (χ0v) is 9.05. The minimum absolute atomic E-state index is 0.0148. The first kappa shape index (κ1) is 11.6. The van der Waals surface area contributed by atoms with E-state index in [1.165, 1.54) is 10.9 Å². The van der Waals surface area contributed by atoms with Crippen molar-refractivity contribution in [1.29, 1.82) is 0 Å². The molecule has 1 aromatic rings. The van der Waals surface area contributed by atoms with Crippen LogP contribution in [0.2, 0.25) is 0 Å². The zero-order chi connectivity index (χ0) is 11.3. The summed E-state index contributed by atoms with van der Waals surface area (Å²) in [6.07, 6.45) is 3.18. The molecule has 0 aliphatic heterocycles. The van der Waals surface area contributed by atoms with Gasteiger partial charge in [-0.3, -0.25) is 4.79 Å². The van der Waals surface area contributed by atoms with Gasteiger partial charge in [0.2, 0.25) is 5.91 Å². The van der Waals surface area contributed by atoms with Gasteiger partial charge in [0.05, 0.1) is 6.20 Å². The Kier molecular flexibility index (Phi) is 4.23. The van der Waals surface area contributed by atoms with E-state index in [-0.39, 0.29) is 18.5 Å². The standard InChI is InChI=1S/C9H17N5O/c1-7(2)8(5-10)12-9(15)6-14-4-3-11-13-14/h3-4,7-8H,5-6,10H2,1-2H3,(H,12,15). The second kappa shape index (κ2) is 5.45. The second-order valence-corrected chi connectivity index (χ2v) is 3.75. The van der Waals surface area contributed by atoms with E-state index in [2.05, 4.69) is 15.6 Å². The number of rotatable bonds is 5. The maximum absolute atomic E-state index is 11.5. The molecule has 0 saturated carbocycles. The molecule has 6 heteroatoms. The van der Waals surface area contributed by atoms with Crippen molar-refractivity contribution in [1.82, 2.24) is 20.3 Å². The number of nitrogens with one attached hydrogen (secondary N) is 1. The summed E-state index contributed by atoms with van der Waals surface area (Å²) in [6.45, 7) is 4.67. The molecular formula is C9H17N5O. The summed E-state index contributed by atoms with van der Waals surface area (Å²) in [5, 5.41) is 10.2. The summed E-state index contributed by atoms with van der Waals surface area (Å²) in [4.78, 5) is 11.5. The highest BCUT2D eigenvalue weighted by Crippen LogP contribution is 1.99. The van der Waals surface area contributed by atoms with Crippen molar-refractivity contribution in [3.05, 3.63) is 12.4 Å². The highest BCUT2D eigenvalue weighted by Gasteiger charge is 2.14. The van der Waals surface area contributed by atoms with Crippen LogP contribution in [0.25, 0.3) is 0 Å². The Bertz CT molecular complexity index is 295. The van der Waals surface area contributed by atoms with Crippen molar-refractivity contribution < 1.29 is 4.79 Å². The van der Waals surface area contributed by atoms with Gasteiger partial charge in [0.15, 0.2) is 0 Å². The van der Waals surface area contributed by atoms with Gasteiger partial charge in [-0.2, -0.15) is 0 Å². The van der Waals surface area contributed by atoms with E-state index in [1.807, 2.05) is 13.8 Å². The molecule has 0 radical (unpaired) electrons. The first-order valence-corrected chi connectivity index (χ1v) is 4.97. The number of hydrogen-bond donors (Lipinski definition) is 2. The lowest BCUT2D eigenvalue weighted by Crippen LogP contribution is -2.44. The molecule has 84 valence electrons. The zero-order valence-electron chi connectivity index (χ0n) is 9.05. The van der Waals surface area contributed by atoms with Crippen molar-refractivity contribution in [2.75, 3.05) is 6.54 Å². The Morgan fingerprint density at radius 1 is 1.60 bits per heavy atom. The van der Waals surface area contributed by atoms with Gasteiger partial charge in [-0.1, -0.05) is 19.1 Å². The molecule has 1 heterocycles. The van der Waals surface area contributed by atoms with Gasteiger partial charge < -0.3 is 11.1 Å². The van der Waals surface area contributed by atoms with E-state index in [4.69, 9.17) is 5.73 Å². The summed E-state index contributed by atoms with van der Waals surface area (Å²) < 4.78 is 1.48. The highest BCUT2D eigenvalue weighted by molar-refractivity contribution is 5.75. The van der Waals surface area contributed by atoms with Crippen molar-refractivity contribution in [3.8, 4) is 0 Å². The van der Waals surface area contributed by atoms with Gasteiger partial charge in [0.25, 0.3) is 0 Å². The fourth-order valence-corrected chi connectivity index (χ4v) is 1.21. The molecule has 0 fully saturated rings. The summed E-state index contributed by atoms with van der Waals surface area (Å²) >= 11 is 0. The molecule has 1 amide bonds. The van der Waals surface area contributed by atoms with Gasteiger partial charge in [0, 0.05) is 18.8 Å². The third kappa shape index (κ3) is 3.67. The number of carbonyl (C=O) groups excluding carboxylic acids is 1. The van der Waals surface area contributed by atoms with E-state index in [0.29, 0.717) is 12.5 Å². The molecule has 1 unspecified atom stereocenters. The molecule has 1 rings (SSSR count). The Balaban J connectivity index is 2.41. The number of amides is 1. The topological polar surface area (TPSA) is 85.8 Å². The van der Waals surface area contributed by atoms with Crippen LogP contribution in [0.3, 0.4) is 0 Å². The molecule has 6 nitrogen and oxygen atoms in total. The lowest BCUT2D eigenvalue weighted by molar-refractivity contribution is -0.122. The third-order valence-corrected chi connectivity index (χ3v) is 2.18. The van der Waals surface area contributed by atoms with Crippen LogP contribution in [-0.4, -0.2) is 33.5 Å². The van der Waals surface area contributed by atoms with Crippen LogP contribution in [0, 0.1) is 5.92 Å². The molecule has 1 atom stereocenters. The number of carbonyl (C=O) groups is 1.